The number of aliphatic hydroxyl groups is 1. The molecule has 6 heteroatoms. The number of likely N-dealkylation sites (N-methyl/N-ethyl adjacent to an activating group) is 1. The Balaban J connectivity index is 2.42. The van der Waals surface area contributed by atoms with Gasteiger partial charge in [-0.1, -0.05) is 0 Å². The van der Waals surface area contributed by atoms with Gasteiger partial charge in [-0.2, -0.15) is 0 Å². The fourth-order valence-corrected chi connectivity index (χ4v) is 2.09. The molecule has 0 radical (unpaired) electrons. The highest BCUT2D eigenvalue weighted by Crippen LogP contribution is 2.26. The van der Waals surface area contributed by atoms with Crippen molar-refractivity contribution in [2.24, 2.45) is 0 Å². The standard InChI is InChI=1S/C15H25N3O3/c1-11(19)10-18(2)8-4-5-15(20)17-13-9-12(16)6-7-14(13)21-3/h6-7,9,11,19H,4-5,8,10,16H2,1-3H3,(H,17,20). The van der Waals surface area contributed by atoms with Gasteiger partial charge < -0.3 is 25.8 Å². The summed E-state index contributed by atoms with van der Waals surface area (Å²) < 4.78 is 5.18. The second-order valence-corrected chi connectivity index (χ2v) is 5.22. The molecule has 1 aromatic carbocycles. The lowest BCUT2D eigenvalue weighted by Crippen LogP contribution is -2.28. The molecule has 6 nitrogen and oxygen atoms in total. The average Bonchev–Trinajstić information content (AvgIpc) is 2.38. The van der Waals surface area contributed by atoms with E-state index in [0.29, 0.717) is 30.1 Å². The third kappa shape index (κ3) is 6.46. The monoisotopic (exact) mass is 295 g/mol. The van der Waals surface area contributed by atoms with Gasteiger partial charge in [-0.25, -0.2) is 0 Å². The van der Waals surface area contributed by atoms with Gasteiger partial charge in [-0.05, 0) is 45.1 Å². The number of amides is 1. The molecule has 118 valence electrons. The topological polar surface area (TPSA) is 87.8 Å². The molecule has 0 aromatic heterocycles. The summed E-state index contributed by atoms with van der Waals surface area (Å²) in [5.41, 5.74) is 6.86. The molecule has 0 bridgehead atoms. The number of nitrogens with two attached hydrogens (primary N) is 1. The van der Waals surface area contributed by atoms with Crippen LogP contribution >= 0.6 is 0 Å². The van der Waals surface area contributed by atoms with Gasteiger partial charge in [0.2, 0.25) is 5.91 Å². The van der Waals surface area contributed by atoms with Crippen LogP contribution in [-0.2, 0) is 4.79 Å². The van der Waals surface area contributed by atoms with Crippen molar-refractivity contribution in [2.45, 2.75) is 25.9 Å². The second kappa shape index (κ2) is 8.49. The Kier molecular flexibility index (Phi) is 6.98. The van der Waals surface area contributed by atoms with E-state index in [9.17, 15) is 9.90 Å². The summed E-state index contributed by atoms with van der Waals surface area (Å²) in [5.74, 6) is 0.508. The molecule has 0 heterocycles. The fourth-order valence-electron chi connectivity index (χ4n) is 2.09. The van der Waals surface area contributed by atoms with Gasteiger partial charge in [0.1, 0.15) is 5.75 Å². The number of nitrogens with zero attached hydrogens (tertiary/aromatic N) is 1. The summed E-state index contributed by atoms with van der Waals surface area (Å²) in [7, 11) is 3.47. The maximum absolute atomic E-state index is 11.9. The normalized spacial score (nSPS) is 12.2. The largest absolute Gasteiger partial charge is 0.495 e. The summed E-state index contributed by atoms with van der Waals surface area (Å²) in [5, 5.41) is 12.1. The summed E-state index contributed by atoms with van der Waals surface area (Å²) in [6, 6.07) is 5.12. The number of nitrogens with one attached hydrogen (secondary N) is 1. The lowest BCUT2D eigenvalue weighted by molar-refractivity contribution is -0.116. The number of carbonyl (C=O) groups excluding carboxylic acids is 1. The number of methoxy groups -OCH3 is 1. The second-order valence-electron chi connectivity index (χ2n) is 5.22. The number of ether oxygens (including phenoxy) is 1. The molecule has 1 atom stereocenters. The number of anilines is 2. The molecule has 1 amide bonds. The highest BCUT2D eigenvalue weighted by Gasteiger charge is 2.09. The lowest BCUT2D eigenvalue weighted by Gasteiger charge is -2.18. The van der Waals surface area contributed by atoms with Gasteiger partial charge >= 0.3 is 0 Å². The van der Waals surface area contributed by atoms with Crippen LogP contribution in [0.25, 0.3) is 0 Å². The van der Waals surface area contributed by atoms with Gasteiger partial charge in [0, 0.05) is 18.7 Å². The van der Waals surface area contributed by atoms with Crippen molar-refractivity contribution in [3.8, 4) is 5.75 Å². The maximum Gasteiger partial charge on any atom is 0.224 e. The van der Waals surface area contributed by atoms with Gasteiger partial charge in [0.15, 0.2) is 0 Å². The first kappa shape index (κ1) is 17.3. The number of hydrogen-bond donors (Lipinski definition) is 3. The summed E-state index contributed by atoms with van der Waals surface area (Å²) in [6.07, 6.45) is 0.766. The first-order chi connectivity index (χ1) is 9.92. The van der Waals surface area contributed by atoms with Crippen molar-refractivity contribution in [3.63, 3.8) is 0 Å². The zero-order valence-electron chi connectivity index (χ0n) is 12.9. The van der Waals surface area contributed by atoms with E-state index in [1.54, 1.807) is 32.2 Å². The molecule has 0 saturated carbocycles. The van der Waals surface area contributed by atoms with Crippen molar-refractivity contribution in [1.82, 2.24) is 4.90 Å². The predicted molar refractivity (Wildman–Crippen MR) is 84.4 cm³/mol. The third-order valence-electron chi connectivity index (χ3n) is 3.02. The molecule has 0 fully saturated rings. The van der Waals surface area contributed by atoms with Crippen LogP contribution in [0.4, 0.5) is 11.4 Å². The highest BCUT2D eigenvalue weighted by atomic mass is 16.5. The van der Waals surface area contributed by atoms with Crippen LogP contribution in [0.15, 0.2) is 18.2 Å². The van der Waals surface area contributed by atoms with Crippen LogP contribution in [0.2, 0.25) is 0 Å². The fraction of sp³-hybridized carbons (Fsp3) is 0.533. The zero-order chi connectivity index (χ0) is 15.8. The average molecular weight is 295 g/mol. The van der Waals surface area contributed by atoms with E-state index in [4.69, 9.17) is 10.5 Å². The Hall–Kier alpha value is -1.79. The Labute approximate surface area is 125 Å². The Bertz CT molecular complexity index is 463. The van der Waals surface area contributed by atoms with Crippen LogP contribution in [0.1, 0.15) is 19.8 Å². The van der Waals surface area contributed by atoms with Crippen molar-refractivity contribution >= 4 is 17.3 Å². The molecular formula is C15H25N3O3. The molecule has 21 heavy (non-hydrogen) atoms. The lowest BCUT2D eigenvalue weighted by atomic mass is 10.2. The van der Waals surface area contributed by atoms with Gasteiger partial charge in [-0.15, -0.1) is 0 Å². The Morgan fingerprint density at radius 3 is 2.86 bits per heavy atom. The van der Waals surface area contributed by atoms with Crippen molar-refractivity contribution in [1.29, 1.82) is 0 Å². The van der Waals surface area contributed by atoms with Gasteiger partial charge in [-0.3, -0.25) is 4.79 Å². The summed E-state index contributed by atoms with van der Waals surface area (Å²) in [6.45, 7) is 3.10. The van der Waals surface area contributed by atoms with E-state index in [-0.39, 0.29) is 12.0 Å². The van der Waals surface area contributed by atoms with E-state index in [2.05, 4.69) is 5.32 Å². The smallest absolute Gasteiger partial charge is 0.224 e. The number of carbonyl (C=O) groups is 1. The zero-order valence-corrected chi connectivity index (χ0v) is 12.9. The predicted octanol–water partition coefficient (Wildman–Crippen LogP) is 1.31. The van der Waals surface area contributed by atoms with Crippen LogP contribution in [0.5, 0.6) is 5.75 Å². The molecule has 0 aliphatic heterocycles. The molecule has 1 rings (SSSR count). The number of benzene rings is 1. The number of aliphatic hydroxyl groups excluding tert-OH is 1. The first-order valence-corrected chi connectivity index (χ1v) is 7.02. The molecule has 1 unspecified atom stereocenters. The molecule has 0 aliphatic rings. The molecule has 0 aliphatic carbocycles. The van der Waals surface area contributed by atoms with Crippen LogP contribution in [0.3, 0.4) is 0 Å². The number of nitrogen functional groups attached to an aromatic ring is 1. The van der Waals surface area contributed by atoms with E-state index < -0.39 is 0 Å². The molecule has 0 spiro atoms. The van der Waals surface area contributed by atoms with Crippen molar-refractivity contribution in [2.75, 3.05) is 38.3 Å². The highest BCUT2D eigenvalue weighted by molar-refractivity contribution is 5.92. The molecule has 1 aromatic rings. The quantitative estimate of drug-likeness (QED) is 0.629. The van der Waals surface area contributed by atoms with Gasteiger partial charge in [0.25, 0.3) is 0 Å². The Morgan fingerprint density at radius 1 is 1.52 bits per heavy atom. The summed E-state index contributed by atoms with van der Waals surface area (Å²) in [4.78, 5) is 13.9. The molecular weight excluding hydrogens is 270 g/mol. The minimum Gasteiger partial charge on any atom is -0.495 e. The van der Waals surface area contributed by atoms with Crippen LogP contribution < -0.4 is 15.8 Å². The van der Waals surface area contributed by atoms with E-state index in [0.717, 1.165) is 13.0 Å². The van der Waals surface area contributed by atoms with Crippen LogP contribution in [0, 0.1) is 0 Å². The third-order valence-corrected chi connectivity index (χ3v) is 3.02. The van der Waals surface area contributed by atoms with Crippen molar-refractivity contribution in [3.05, 3.63) is 18.2 Å². The molecule has 4 N–H and O–H groups in total. The Morgan fingerprint density at radius 2 is 2.24 bits per heavy atom. The maximum atomic E-state index is 11.9. The minimum absolute atomic E-state index is 0.0793. The molecule has 0 saturated heterocycles. The van der Waals surface area contributed by atoms with E-state index >= 15 is 0 Å². The van der Waals surface area contributed by atoms with E-state index in [1.165, 1.54) is 0 Å². The van der Waals surface area contributed by atoms with E-state index in [1.807, 2.05) is 11.9 Å². The first-order valence-electron chi connectivity index (χ1n) is 7.02. The van der Waals surface area contributed by atoms with Crippen molar-refractivity contribution < 1.29 is 14.6 Å². The number of rotatable bonds is 8. The SMILES string of the molecule is COc1ccc(N)cc1NC(=O)CCCN(C)CC(C)O. The van der Waals surface area contributed by atoms with Crippen LogP contribution in [-0.4, -0.2) is 49.3 Å². The number of hydrogen-bond acceptors (Lipinski definition) is 5. The van der Waals surface area contributed by atoms with Gasteiger partial charge in [0.05, 0.1) is 18.9 Å². The minimum atomic E-state index is -0.361. The summed E-state index contributed by atoms with van der Waals surface area (Å²) >= 11 is 0.